The van der Waals surface area contributed by atoms with E-state index in [0.29, 0.717) is 0 Å². The summed E-state index contributed by atoms with van der Waals surface area (Å²) < 4.78 is 0. The monoisotopic (exact) mass is 166 g/mol. The van der Waals surface area contributed by atoms with Crippen molar-refractivity contribution in [3.05, 3.63) is 23.8 Å². The van der Waals surface area contributed by atoms with Crippen LogP contribution in [0.5, 0.6) is 0 Å². The van der Waals surface area contributed by atoms with Crippen molar-refractivity contribution in [1.82, 2.24) is 0 Å². The molecule has 0 bridgehead atoms. The van der Waals surface area contributed by atoms with Gasteiger partial charge in [-0.2, -0.15) is 0 Å². The maximum absolute atomic E-state index is 2.41. The van der Waals surface area contributed by atoms with E-state index in [2.05, 4.69) is 39.0 Å². The quantitative estimate of drug-likeness (QED) is 0.403. The lowest BCUT2D eigenvalue weighted by Crippen LogP contribution is -1.79. The molecule has 0 aliphatic carbocycles. The maximum atomic E-state index is 2.41. The minimum Gasteiger partial charge on any atom is -0.0913 e. The van der Waals surface area contributed by atoms with E-state index in [4.69, 9.17) is 0 Å². The summed E-state index contributed by atoms with van der Waals surface area (Å²) in [6.45, 7) is 6.56. The van der Waals surface area contributed by atoms with E-state index in [0.717, 1.165) is 6.42 Å². The van der Waals surface area contributed by atoms with Crippen molar-refractivity contribution in [2.24, 2.45) is 0 Å². The number of hydrogen-bond acceptors (Lipinski definition) is 0. The molecular weight excluding hydrogens is 144 g/mol. The lowest BCUT2D eigenvalue weighted by atomic mass is 10.1. The average molecular weight is 166 g/mol. The Balaban J connectivity index is 3.70. The molecule has 0 spiro atoms. The lowest BCUT2D eigenvalue weighted by molar-refractivity contribution is 0.804. The van der Waals surface area contributed by atoms with Gasteiger partial charge in [-0.15, -0.1) is 0 Å². The smallest absolute Gasteiger partial charge is 0.0139 e. The second-order valence-corrected chi connectivity index (χ2v) is 3.13. The number of rotatable bonds is 6. The van der Waals surface area contributed by atoms with Gasteiger partial charge in [0.1, 0.15) is 0 Å². The number of unbranched alkanes of at least 4 members (excludes halogenated alkanes) is 2. The number of allylic oxidation sites excluding steroid dienone is 4. The number of hydrogen-bond donors (Lipinski definition) is 0. The summed E-state index contributed by atoms with van der Waals surface area (Å²) in [6, 6.07) is 0. The molecule has 0 amide bonds. The summed E-state index contributed by atoms with van der Waals surface area (Å²) in [5.41, 5.74) is 1.58. The molecule has 0 heterocycles. The molecule has 0 N–H and O–H groups in total. The molecule has 0 rings (SSSR count). The van der Waals surface area contributed by atoms with Gasteiger partial charge in [0.2, 0.25) is 0 Å². The maximum Gasteiger partial charge on any atom is -0.0139 e. The average Bonchev–Trinajstić information content (AvgIpc) is 2.11. The van der Waals surface area contributed by atoms with Gasteiger partial charge in [0.05, 0.1) is 0 Å². The first kappa shape index (κ1) is 11.5. The summed E-state index contributed by atoms with van der Waals surface area (Å²) in [5.74, 6) is 0. The summed E-state index contributed by atoms with van der Waals surface area (Å²) in [7, 11) is 0. The second kappa shape index (κ2) is 8.58. The van der Waals surface area contributed by atoms with E-state index in [1.165, 1.54) is 25.7 Å². The Hall–Kier alpha value is -0.520. The minimum absolute atomic E-state index is 1.15. The molecule has 70 valence electrons. The van der Waals surface area contributed by atoms with Gasteiger partial charge in [-0.25, -0.2) is 0 Å². The largest absolute Gasteiger partial charge is 0.0913 e. The van der Waals surface area contributed by atoms with Gasteiger partial charge >= 0.3 is 0 Å². The Morgan fingerprint density at radius 2 is 2.00 bits per heavy atom. The third-order valence-electron chi connectivity index (χ3n) is 2.06. The third kappa shape index (κ3) is 6.21. The van der Waals surface area contributed by atoms with Crippen LogP contribution >= 0.6 is 0 Å². The van der Waals surface area contributed by atoms with Crippen LogP contribution in [-0.2, 0) is 0 Å². The molecule has 0 aromatic carbocycles. The highest BCUT2D eigenvalue weighted by Crippen LogP contribution is 2.10. The molecule has 0 saturated heterocycles. The van der Waals surface area contributed by atoms with Gasteiger partial charge in [0.15, 0.2) is 0 Å². The molecule has 0 heteroatoms. The molecule has 0 aromatic heterocycles. The Kier molecular flexibility index (Phi) is 8.20. The van der Waals surface area contributed by atoms with E-state index >= 15 is 0 Å². The van der Waals surface area contributed by atoms with Gasteiger partial charge in [0.25, 0.3) is 0 Å². The Morgan fingerprint density at radius 3 is 2.50 bits per heavy atom. The predicted molar refractivity (Wildman–Crippen MR) is 57.3 cm³/mol. The predicted octanol–water partition coefficient (Wildman–Crippen LogP) is 4.48. The van der Waals surface area contributed by atoms with E-state index in [9.17, 15) is 0 Å². The first-order chi connectivity index (χ1) is 5.85. The van der Waals surface area contributed by atoms with Crippen LogP contribution in [0.1, 0.15) is 52.9 Å². The molecule has 0 radical (unpaired) electrons. The molecule has 0 atom stereocenters. The molecule has 12 heavy (non-hydrogen) atoms. The molecule has 0 nitrogen and oxygen atoms in total. The standard InChI is InChI=1S/C12H22/c1-4-7-9-11-12(6-3)10-8-5-2/h5,8,11H,4,6-7,9-10H2,1-3H3. The van der Waals surface area contributed by atoms with Crippen molar-refractivity contribution in [1.29, 1.82) is 0 Å². The summed E-state index contributed by atoms with van der Waals surface area (Å²) in [5, 5.41) is 0. The van der Waals surface area contributed by atoms with Crippen molar-refractivity contribution >= 4 is 0 Å². The van der Waals surface area contributed by atoms with Gasteiger partial charge in [0, 0.05) is 0 Å². The van der Waals surface area contributed by atoms with Crippen LogP contribution in [0.2, 0.25) is 0 Å². The van der Waals surface area contributed by atoms with Crippen molar-refractivity contribution in [3.63, 3.8) is 0 Å². The zero-order valence-electron chi connectivity index (χ0n) is 8.77. The van der Waals surface area contributed by atoms with Crippen LogP contribution < -0.4 is 0 Å². The highest BCUT2D eigenvalue weighted by molar-refractivity contribution is 5.06. The topological polar surface area (TPSA) is 0 Å². The van der Waals surface area contributed by atoms with E-state index in [1.54, 1.807) is 5.57 Å². The van der Waals surface area contributed by atoms with Gasteiger partial charge in [-0.1, -0.05) is 50.5 Å². The summed E-state index contributed by atoms with van der Waals surface area (Å²) >= 11 is 0. The molecule has 0 aliphatic heterocycles. The molecule has 0 aliphatic rings. The minimum atomic E-state index is 1.15. The molecule has 0 fully saturated rings. The van der Waals surface area contributed by atoms with Crippen molar-refractivity contribution in [2.75, 3.05) is 0 Å². The molecule has 0 unspecified atom stereocenters. The molecular formula is C12H22. The normalized spacial score (nSPS) is 12.8. The second-order valence-electron chi connectivity index (χ2n) is 3.13. The van der Waals surface area contributed by atoms with Crippen molar-refractivity contribution in [3.8, 4) is 0 Å². The van der Waals surface area contributed by atoms with E-state index in [1.807, 2.05) is 0 Å². The van der Waals surface area contributed by atoms with Crippen LogP contribution in [0.15, 0.2) is 23.8 Å². The van der Waals surface area contributed by atoms with E-state index < -0.39 is 0 Å². The third-order valence-corrected chi connectivity index (χ3v) is 2.06. The summed E-state index contributed by atoms with van der Waals surface area (Å²) in [4.78, 5) is 0. The Labute approximate surface area is 77.4 Å². The van der Waals surface area contributed by atoms with Crippen molar-refractivity contribution in [2.45, 2.75) is 52.9 Å². The highest BCUT2D eigenvalue weighted by atomic mass is 14.0. The SMILES string of the molecule is CC=CCC(=CCCCC)CC. The van der Waals surface area contributed by atoms with Crippen LogP contribution in [-0.4, -0.2) is 0 Å². The lowest BCUT2D eigenvalue weighted by Gasteiger charge is -1.99. The Morgan fingerprint density at radius 1 is 1.25 bits per heavy atom. The van der Waals surface area contributed by atoms with Gasteiger partial charge in [-0.3, -0.25) is 0 Å². The first-order valence-electron chi connectivity index (χ1n) is 5.14. The fraction of sp³-hybridized carbons (Fsp3) is 0.667. The van der Waals surface area contributed by atoms with Crippen LogP contribution in [0.3, 0.4) is 0 Å². The molecule has 0 saturated carbocycles. The van der Waals surface area contributed by atoms with Crippen LogP contribution in [0, 0.1) is 0 Å². The zero-order valence-corrected chi connectivity index (χ0v) is 8.77. The van der Waals surface area contributed by atoms with E-state index in [-0.39, 0.29) is 0 Å². The fourth-order valence-electron chi connectivity index (χ4n) is 1.15. The van der Waals surface area contributed by atoms with Gasteiger partial charge in [-0.05, 0) is 26.2 Å². The zero-order chi connectivity index (χ0) is 9.23. The summed E-state index contributed by atoms with van der Waals surface area (Å²) in [6.07, 6.45) is 13.0. The van der Waals surface area contributed by atoms with Gasteiger partial charge < -0.3 is 0 Å². The fourth-order valence-corrected chi connectivity index (χ4v) is 1.15. The molecule has 0 aromatic rings. The van der Waals surface area contributed by atoms with Crippen LogP contribution in [0.25, 0.3) is 0 Å². The highest BCUT2D eigenvalue weighted by Gasteiger charge is 1.89. The van der Waals surface area contributed by atoms with Crippen molar-refractivity contribution < 1.29 is 0 Å². The van der Waals surface area contributed by atoms with Crippen LogP contribution in [0.4, 0.5) is 0 Å². The first-order valence-corrected chi connectivity index (χ1v) is 5.14. The Bertz CT molecular complexity index is 140.